The molecule has 0 radical (unpaired) electrons. The molecule has 0 unspecified atom stereocenters. The van der Waals surface area contributed by atoms with Crippen molar-refractivity contribution in [3.05, 3.63) is 71.0 Å². The molecule has 6 heteroatoms. The van der Waals surface area contributed by atoms with E-state index in [4.69, 9.17) is 0 Å². The highest BCUT2D eigenvalue weighted by atomic mass is 19.1. The first-order chi connectivity index (χ1) is 12.9. The van der Waals surface area contributed by atoms with Crippen LogP contribution in [0.2, 0.25) is 0 Å². The number of halogens is 2. The lowest BCUT2D eigenvalue weighted by atomic mass is 10.1. The Morgan fingerprint density at radius 3 is 2.30 bits per heavy atom. The largest absolute Gasteiger partial charge is 0.327 e. The molecule has 1 saturated heterocycles. The minimum atomic E-state index is -0.541. The molecule has 0 N–H and O–H groups in total. The van der Waals surface area contributed by atoms with Crippen molar-refractivity contribution in [1.29, 1.82) is 0 Å². The van der Waals surface area contributed by atoms with Crippen LogP contribution < -0.4 is 0 Å². The van der Waals surface area contributed by atoms with Crippen molar-refractivity contribution >= 4 is 11.8 Å². The summed E-state index contributed by atoms with van der Waals surface area (Å²) in [7, 11) is 0. The summed E-state index contributed by atoms with van der Waals surface area (Å²) in [5, 5.41) is 0. The van der Waals surface area contributed by atoms with Gasteiger partial charge in [-0.3, -0.25) is 14.5 Å². The third-order valence-electron chi connectivity index (χ3n) is 4.46. The first kappa shape index (κ1) is 20.6. The van der Waals surface area contributed by atoms with Gasteiger partial charge < -0.3 is 4.90 Å². The summed E-state index contributed by atoms with van der Waals surface area (Å²) in [4.78, 5) is 27.6. The second kappa shape index (κ2) is 9.26. The predicted octanol–water partition coefficient (Wildman–Crippen LogP) is 4.11. The normalized spacial score (nSPS) is 17.0. The number of carbonyl (C=O) groups excluding carboxylic acids is 2. The van der Waals surface area contributed by atoms with E-state index in [0.29, 0.717) is 6.42 Å². The van der Waals surface area contributed by atoms with Crippen LogP contribution in [0.3, 0.4) is 0 Å². The maximum Gasteiger partial charge on any atom is 0.247 e. The molecule has 144 valence electrons. The quantitative estimate of drug-likeness (QED) is 0.703. The first-order valence-electron chi connectivity index (χ1n) is 8.91. The van der Waals surface area contributed by atoms with Crippen molar-refractivity contribution in [2.45, 2.75) is 33.7 Å². The average molecular weight is 374 g/mol. The molecule has 0 aromatic heterocycles. The van der Waals surface area contributed by atoms with Gasteiger partial charge in [-0.15, -0.1) is 0 Å². The van der Waals surface area contributed by atoms with Gasteiger partial charge in [-0.25, -0.2) is 8.78 Å². The van der Waals surface area contributed by atoms with Crippen LogP contribution in [-0.2, 0) is 16.1 Å². The predicted molar refractivity (Wildman–Crippen MR) is 101 cm³/mol. The van der Waals surface area contributed by atoms with E-state index >= 15 is 0 Å². The smallest absolute Gasteiger partial charge is 0.247 e. The van der Waals surface area contributed by atoms with Crippen molar-refractivity contribution in [2.24, 2.45) is 0 Å². The highest BCUT2D eigenvalue weighted by Crippen LogP contribution is 2.23. The van der Waals surface area contributed by atoms with Crippen LogP contribution in [0.15, 0.2) is 59.6 Å². The Hall–Kier alpha value is -2.76. The molecule has 0 bridgehead atoms. The maximum absolute atomic E-state index is 14.7. The van der Waals surface area contributed by atoms with Gasteiger partial charge in [-0.2, -0.15) is 0 Å². The summed E-state index contributed by atoms with van der Waals surface area (Å²) in [5.41, 5.74) is 1.63. The van der Waals surface area contributed by atoms with E-state index < -0.39 is 5.83 Å². The average Bonchev–Trinajstić information content (AvgIpc) is 2.65. The number of carbonyl (C=O) groups is 2. The molecule has 1 aliphatic heterocycles. The van der Waals surface area contributed by atoms with E-state index in [2.05, 4.69) is 0 Å². The highest BCUT2D eigenvalue weighted by molar-refractivity contribution is 5.94. The van der Waals surface area contributed by atoms with Crippen molar-refractivity contribution in [3.63, 3.8) is 0 Å². The Kier molecular flexibility index (Phi) is 7.05. The van der Waals surface area contributed by atoms with E-state index in [0.717, 1.165) is 11.1 Å². The van der Waals surface area contributed by atoms with Gasteiger partial charge in [0.05, 0.1) is 5.70 Å². The topological polar surface area (TPSA) is 40.6 Å². The molecule has 0 saturated carbocycles. The fourth-order valence-corrected chi connectivity index (χ4v) is 2.88. The van der Waals surface area contributed by atoms with Gasteiger partial charge in [0.1, 0.15) is 24.7 Å². The summed E-state index contributed by atoms with van der Waals surface area (Å²) in [6, 6.07) is 5.76. The van der Waals surface area contributed by atoms with E-state index in [1.807, 2.05) is 13.8 Å². The summed E-state index contributed by atoms with van der Waals surface area (Å²) in [6.45, 7) is 5.20. The van der Waals surface area contributed by atoms with Crippen molar-refractivity contribution in [1.82, 2.24) is 9.80 Å². The van der Waals surface area contributed by atoms with E-state index in [-0.39, 0.29) is 43.0 Å². The first-order valence-corrected chi connectivity index (χ1v) is 8.91. The summed E-state index contributed by atoms with van der Waals surface area (Å²) < 4.78 is 27.7. The maximum atomic E-state index is 14.7. The molecule has 27 heavy (non-hydrogen) atoms. The summed E-state index contributed by atoms with van der Waals surface area (Å²) in [6.07, 6.45) is 5.35. The third kappa shape index (κ3) is 5.12. The van der Waals surface area contributed by atoms with Crippen LogP contribution in [0.1, 0.15) is 32.8 Å². The second-order valence-electron chi connectivity index (χ2n) is 6.24. The molecular formula is C21H24F2N2O2. The molecular weight excluding hydrogens is 350 g/mol. The zero-order valence-corrected chi connectivity index (χ0v) is 15.8. The highest BCUT2D eigenvalue weighted by Gasteiger charge is 2.32. The fraction of sp³-hybridized carbons (Fsp3) is 0.333. The number of piperazine rings is 1. The van der Waals surface area contributed by atoms with Crippen molar-refractivity contribution < 1.29 is 18.4 Å². The summed E-state index contributed by atoms with van der Waals surface area (Å²) in [5.74, 6) is -1.54. The van der Waals surface area contributed by atoms with Gasteiger partial charge >= 0.3 is 0 Å². The summed E-state index contributed by atoms with van der Waals surface area (Å²) >= 11 is 0. The van der Waals surface area contributed by atoms with Crippen molar-refractivity contribution in [2.75, 3.05) is 13.1 Å². The Bertz CT molecular complexity index is 795. The number of hydrogen-bond donors (Lipinski definition) is 0. The third-order valence-corrected chi connectivity index (χ3v) is 4.46. The van der Waals surface area contributed by atoms with E-state index in [1.165, 1.54) is 34.1 Å². The minimum Gasteiger partial charge on any atom is -0.327 e. The van der Waals surface area contributed by atoms with E-state index in [9.17, 15) is 18.4 Å². The second-order valence-corrected chi connectivity index (χ2v) is 6.24. The Labute approximate surface area is 158 Å². The number of rotatable bonds is 6. The lowest BCUT2D eigenvalue weighted by Gasteiger charge is -2.34. The molecule has 2 amide bonds. The zero-order chi connectivity index (χ0) is 20.0. The molecule has 1 heterocycles. The van der Waals surface area contributed by atoms with Gasteiger partial charge in [0.15, 0.2) is 0 Å². The van der Waals surface area contributed by atoms with E-state index in [1.54, 1.807) is 25.1 Å². The standard InChI is InChI=1S/C21H24F2N2O2/c1-4-15(5-2)11-18(23)19(6-3)25-14-20(26)24(13-21(25)27)12-16-7-9-17(22)10-8-16/h4,6-11H,5,12-14H2,1-3H3/b15-4-,18-11+,19-6-. The number of amides is 2. The molecule has 2 rings (SSSR count). The molecule has 4 nitrogen and oxygen atoms in total. The minimum absolute atomic E-state index is 0.0996. The van der Waals surface area contributed by atoms with Gasteiger partial charge in [0, 0.05) is 6.54 Å². The van der Waals surface area contributed by atoms with Gasteiger partial charge in [-0.1, -0.05) is 31.2 Å². The lowest BCUT2D eigenvalue weighted by Crippen LogP contribution is -2.52. The Morgan fingerprint density at radius 2 is 1.74 bits per heavy atom. The van der Waals surface area contributed by atoms with Crippen LogP contribution >= 0.6 is 0 Å². The zero-order valence-electron chi connectivity index (χ0n) is 15.8. The number of allylic oxidation sites excluding steroid dienone is 5. The van der Waals surface area contributed by atoms with Gasteiger partial charge in [-0.05, 0) is 49.6 Å². The molecule has 0 aliphatic carbocycles. The van der Waals surface area contributed by atoms with Crippen LogP contribution in [0.25, 0.3) is 0 Å². The number of hydrogen-bond acceptors (Lipinski definition) is 2. The van der Waals surface area contributed by atoms with Gasteiger partial charge in [0.2, 0.25) is 11.8 Å². The monoisotopic (exact) mass is 374 g/mol. The molecule has 1 aromatic carbocycles. The van der Waals surface area contributed by atoms with Crippen LogP contribution in [0.4, 0.5) is 8.78 Å². The van der Waals surface area contributed by atoms with Crippen LogP contribution in [-0.4, -0.2) is 34.7 Å². The Balaban J connectivity index is 2.14. The van der Waals surface area contributed by atoms with Crippen molar-refractivity contribution in [3.8, 4) is 0 Å². The molecule has 0 spiro atoms. The van der Waals surface area contributed by atoms with Gasteiger partial charge in [0.25, 0.3) is 0 Å². The molecule has 1 aromatic rings. The molecule has 0 atom stereocenters. The number of benzene rings is 1. The number of nitrogens with zero attached hydrogens (tertiary/aromatic N) is 2. The van der Waals surface area contributed by atoms with Crippen LogP contribution in [0, 0.1) is 5.82 Å². The Morgan fingerprint density at radius 1 is 1.07 bits per heavy atom. The SMILES string of the molecule is C\C=C(/C=C(F)\C(=C\C)N1CC(=O)N(Cc2ccc(F)cc2)CC1=O)CC. The lowest BCUT2D eigenvalue weighted by molar-refractivity contribution is -0.148. The molecule has 1 aliphatic rings. The fourth-order valence-electron chi connectivity index (χ4n) is 2.88. The molecule has 1 fully saturated rings. The van der Waals surface area contributed by atoms with Crippen LogP contribution in [0.5, 0.6) is 0 Å².